The number of nitrogens with zero attached hydrogens (tertiary/aromatic N) is 1. The van der Waals surface area contributed by atoms with Crippen molar-refractivity contribution >= 4 is 29.1 Å². The number of imide groups is 1. The maximum Gasteiger partial charge on any atom is 0.373 e. The Kier molecular flexibility index (Phi) is 3.31. The lowest BCUT2D eigenvalue weighted by Gasteiger charge is -2.11. The highest BCUT2D eigenvalue weighted by atomic mass is 32.1. The van der Waals surface area contributed by atoms with E-state index in [1.807, 2.05) is 13.0 Å². The normalized spacial score (nSPS) is 13.5. The zero-order valence-electron chi connectivity index (χ0n) is 11.2. The molecule has 0 aliphatic carbocycles. The van der Waals surface area contributed by atoms with Gasteiger partial charge in [0.25, 0.3) is 11.8 Å². The first kappa shape index (κ1) is 13.5. The smallest absolute Gasteiger partial charge is 0.323 e. The molecule has 0 spiro atoms. The van der Waals surface area contributed by atoms with E-state index in [4.69, 9.17) is 4.84 Å². The molecular formula is C15H11NO4S. The monoisotopic (exact) mass is 301 g/mol. The number of benzene rings is 1. The second-order valence-electron chi connectivity index (χ2n) is 4.45. The molecule has 2 heterocycles. The second kappa shape index (κ2) is 5.14. The van der Waals surface area contributed by atoms with Crippen molar-refractivity contribution in [1.82, 2.24) is 5.06 Å². The fraction of sp³-hybridized carbons (Fsp3) is 0.133. The zero-order chi connectivity index (χ0) is 15.0. The van der Waals surface area contributed by atoms with E-state index in [9.17, 15) is 14.4 Å². The summed E-state index contributed by atoms with van der Waals surface area (Å²) in [6.07, 6.45) is 0.810. The van der Waals surface area contributed by atoms with Crippen LogP contribution in [0.4, 0.5) is 0 Å². The Morgan fingerprint density at radius 2 is 1.71 bits per heavy atom. The second-order valence-corrected chi connectivity index (χ2v) is 5.62. The molecule has 5 nitrogen and oxygen atoms in total. The number of fused-ring (bicyclic) bond motifs is 1. The van der Waals surface area contributed by atoms with Crippen LogP contribution in [0.5, 0.6) is 0 Å². The van der Waals surface area contributed by atoms with Gasteiger partial charge in [0, 0.05) is 4.88 Å². The number of carbonyl (C=O) groups excluding carboxylic acids is 3. The highest BCUT2D eigenvalue weighted by molar-refractivity contribution is 7.13. The van der Waals surface area contributed by atoms with E-state index in [1.165, 1.54) is 23.5 Å². The van der Waals surface area contributed by atoms with Gasteiger partial charge in [-0.1, -0.05) is 24.1 Å². The molecule has 0 N–H and O–H groups in total. The first-order valence-electron chi connectivity index (χ1n) is 6.40. The Morgan fingerprint density at radius 1 is 1.10 bits per heavy atom. The number of thiophene rings is 1. The molecular weight excluding hydrogens is 290 g/mol. The van der Waals surface area contributed by atoms with Crippen molar-refractivity contribution in [3.8, 4) is 0 Å². The van der Waals surface area contributed by atoms with Gasteiger partial charge in [-0.3, -0.25) is 9.59 Å². The van der Waals surface area contributed by atoms with Gasteiger partial charge in [0.2, 0.25) is 0 Å². The lowest BCUT2D eigenvalue weighted by molar-refractivity contribution is -0.0581. The molecule has 1 aliphatic rings. The van der Waals surface area contributed by atoms with Gasteiger partial charge in [-0.05, 0) is 30.7 Å². The van der Waals surface area contributed by atoms with E-state index in [0.717, 1.165) is 11.3 Å². The third-order valence-corrected chi connectivity index (χ3v) is 4.35. The molecule has 0 atom stereocenters. The Hall–Kier alpha value is -2.47. The van der Waals surface area contributed by atoms with Crippen molar-refractivity contribution in [2.24, 2.45) is 0 Å². The average Bonchev–Trinajstić information content (AvgIpc) is 3.07. The van der Waals surface area contributed by atoms with Gasteiger partial charge >= 0.3 is 5.97 Å². The molecule has 0 unspecified atom stereocenters. The summed E-state index contributed by atoms with van der Waals surface area (Å²) in [5, 5.41) is 0.526. The molecule has 0 fully saturated rings. The number of carbonyl (C=O) groups is 3. The Bertz CT molecular complexity index is 715. The summed E-state index contributed by atoms with van der Waals surface area (Å²) in [6.45, 7) is 1.98. The topological polar surface area (TPSA) is 63.7 Å². The van der Waals surface area contributed by atoms with E-state index in [2.05, 4.69) is 0 Å². The largest absolute Gasteiger partial charge is 0.373 e. The standard InChI is InChI=1S/C15H11NO4S/c1-2-9-7-8-12(21-9)15(19)20-16-13(17)10-5-3-4-6-11(10)14(16)18/h3-8H,2H2,1H3. The Morgan fingerprint density at radius 3 is 2.24 bits per heavy atom. The lowest BCUT2D eigenvalue weighted by atomic mass is 10.1. The molecule has 106 valence electrons. The number of amides is 2. The summed E-state index contributed by atoms with van der Waals surface area (Å²) in [5.41, 5.74) is 0.492. The van der Waals surface area contributed by atoms with Crippen molar-refractivity contribution in [2.75, 3.05) is 0 Å². The quantitative estimate of drug-likeness (QED) is 0.818. The predicted molar refractivity (Wildman–Crippen MR) is 76.1 cm³/mol. The molecule has 2 amide bonds. The molecule has 0 radical (unpaired) electrons. The van der Waals surface area contributed by atoms with Crippen LogP contribution in [-0.4, -0.2) is 22.8 Å². The summed E-state index contributed by atoms with van der Waals surface area (Å²) in [5.74, 6) is -1.93. The van der Waals surface area contributed by atoms with Gasteiger partial charge < -0.3 is 4.84 Å². The third kappa shape index (κ3) is 2.23. The van der Waals surface area contributed by atoms with Crippen LogP contribution in [0, 0.1) is 0 Å². The summed E-state index contributed by atoms with van der Waals surface area (Å²) in [7, 11) is 0. The molecule has 0 saturated carbocycles. The zero-order valence-corrected chi connectivity index (χ0v) is 12.0. The van der Waals surface area contributed by atoms with Gasteiger partial charge in [-0.15, -0.1) is 11.3 Å². The van der Waals surface area contributed by atoms with Crippen LogP contribution in [-0.2, 0) is 11.3 Å². The number of hydroxylamine groups is 2. The number of rotatable bonds is 3. The highest BCUT2D eigenvalue weighted by Gasteiger charge is 2.38. The maximum absolute atomic E-state index is 12.1. The van der Waals surface area contributed by atoms with Gasteiger partial charge in [0.05, 0.1) is 11.1 Å². The number of aryl methyl sites for hydroxylation is 1. The molecule has 2 aromatic rings. The van der Waals surface area contributed by atoms with Crippen LogP contribution in [0.2, 0.25) is 0 Å². The van der Waals surface area contributed by atoms with Crippen LogP contribution in [0.25, 0.3) is 0 Å². The molecule has 1 aliphatic heterocycles. The van der Waals surface area contributed by atoms with E-state index in [0.29, 0.717) is 9.94 Å². The van der Waals surface area contributed by atoms with E-state index in [1.54, 1.807) is 18.2 Å². The maximum atomic E-state index is 12.1. The first-order chi connectivity index (χ1) is 10.1. The van der Waals surface area contributed by atoms with E-state index in [-0.39, 0.29) is 11.1 Å². The van der Waals surface area contributed by atoms with Crippen LogP contribution in [0.3, 0.4) is 0 Å². The molecule has 1 aromatic carbocycles. The Balaban J connectivity index is 1.82. The molecule has 1 aromatic heterocycles. The summed E-state index contributed by atoms with van der Waals surface area (Å²) < 4.78 is 0. The van der Waals surface area contributed by atoms with E-state index < -0.39 is 17.8 Å². The van der Waals surface area contributed by atoms with Crippen molar-refractivity contribution in [2.45, 2.75) is 13.3 Å². The summed E-state index contributed by atoms with van der Waals surface area (Å²) in [6, 6.07) is 9.82. The van der Waals surface area contributed by atoms with Crippen molar-refractivity contribution in [1.29, 1.82) is 0 Å². The Labute approximate surface area is 124 Å². The van der Waals surface area contributed by atoms with Crippen LogP contribution in [0.1, 0.15) is 42.2 Å². The van der Waals surface area contributed by atoms with Crippen LogP contribution in [0.15, 0.2) is 36.4 Å². The molecule has 0 saturated heterocycles. The van der Waals surface area contributed by atoms with Gasteiger partial charge in [-0.25, -0.2) is 4.79 Å². The highest BCUT2D eigenvalue weighted by Crippen LogP contribution is 2.24. The van der Waals surface area contributed by atoms with E-state index >= 15 is 0 Å². The average molecular weight is 301 g/mol. The molecule has 3 rings (SSSR count). The molecule has 0 bridgehead atoms. The summed E-state index contributed by atoms with van der Waals surface area (Å²) in [4.78, 5) is 42.5. The summed E-state index contributed by atoms with van der Waals surface area (Å²) >= 11 is 1.29. The lowest BCUT2D eigenvalue weighted by Crippen LogP contribution is -2.32. The number of hydrogen-bond acceptors (Lipinski definition) is 5. The van der Waals surface area contributed by atoms with Gasteiger partial charge in [-0.2, -0.15) is 0 Å². The minimum atomic E-state index is -0.700. The molecule has 21 heavy (non-hydrogen) atoms. The van der Waals surface area contributed by atoms with Crippen LogP contribution >= 0.6 is 11.3 Å². The number of hydrogen-bond donors (Lipinski definition) is 0. The van der Waals surface area contributed by atoms with Crippen molar-refractivity contribution in [3.05, 3.63) is 57.3 Å². The van der Waals surface area contributed by atoms with Gasteiger partial charge in [0.15, 0.2) is 0 Å². The SMILES string of the molecule is CCc1ccc(C(=O)ON2C(=O)c3ccccc3C2=O)s1. The predicted octanol–water partition coefficient (Wildman–Crippen LogP) is 2.68. The minimum Gasteiger partial charge on any atom is -0.323 e. The first-order valence-corrected chi connectivity index (χ1v) is 7.22. The third-order valence-electron chi connectivity index (χ3n) is 3.14. The van der Waals surface area contributed by atoms with Crippen molar-refractivity contribution < 1.29 is 19.2 Å². The fourth-order valence-electron chi connectivity index (χ4n) is 2.06. The fourth-order valence-corrected chi connectivity index (χ4v) is 2.88. The van der Waals surface area contributed by atoms with Crippen molar-refractivity contribution in [3.63, 3.8) is 0 Å². The van der Waals surface area contributed by atoms with Gasteiger partial charge in [0.1, 0.15) is 4.88 Å². The van der Waals surface area contributed by atoms with Crippen LogP contribution < -0.4 is 0 Å². The minimum absolute atomic E-state index is 0.246. The molecule has 6 heteroatoms.